The van der Waals surface area contributed by atoms with Crippen LogP contribution in [0, 0.1) is 6.92 Å². The first-order valence-electron chi connectivity index (χ1n) is 10.9. The second kappa shape index (κ2) is 9.68. The molecule has 2 aromatic carbocycles. The molecule has 1 amide bonds. The maximum absolute atomic E-state index is 13.1. The molecule has 3 aromatic rings. The van der Waals surface area contributed by atoms with E-state index in [1.54, 1.807) is 35.8 Å². The van der Waals surface area contributed by atoms with Crippen LogP contribution in [-0.2, 0) is 6.54 Å². The Labute approximate surface area is 198 Å². The van der Waals surface area contributed by atoms with E-state index in [0.29, 0.717) is 22.9 Å². The number of nitrogens with zero attached hydrogens (tertiary/aromatic N) is 3. The van der Waals surface area contributed by atoms with Gasteiger partial charge in [-0.2, -0.15) is 0 Å². The van der Waals surface area contributed by atoms with Gasteiger partial charge < -0.3 is 25.4 Å². The van der Waals surface area contributed by atoms with Crippen LogP contribution < -0.4 is 21.5 Å². The zero-order chi connectivity index (χ0) is 23.5. The first-order chi connectivity index (χ1) is 15.8. The van der Waals surface area contributed by atoms with Gasteiger partial charge in [-0.05, 0) is 43.8 Å². The van der Waals surface area contributed by atoms with Crippen molar-refractivity contribution in [2.75, 3.05) is 49.2 Å². The molecule has 1 fully saturated rings. The van der Waals surface area contributed by atoms with Crippen LogP contribution in [0.5, 0.6) is 0 Å². The normalized spacial score (nSPS) is 14.3. The summed E-state index contributed by atoms with van der Waals surface area (Å²) in [5, 5.41) is 3.34. The van der Waals surface area contributed by atoms with Crippen molar-refractivity contribution in [2.45, 2.75) is 13.5 Å². The van der Waals surface area contributed by atoms with Crippen molar-refractivity contribution in [1.82, 2.24) is 9.47 Å². The van der Waals surface area contributed by atoms with Gasteiger partial charge in [0.25, 0.3) is 11.5 Å². The number of nitrogens with one attached hydrogen (secondary N) is 1. The van der Waals surface area contributed by atoms with E-state index in [2.05, 4.69) is 28.2 Å². The van der Waals surface area contributed by atoms with Crippen molar-refractivity contribution in [1.29, 1.82) is 0 Å². The topological polar surface area (TPSA) is 83.6 Å². The van der Waals surface area contributed by atoms with Crippen LogP contribution in [0.2, 0.25) is 5.02 Å². The van der Waals surface area contributed by atoms with Gasteiger partial charge in [0.05, 0.1) is 17.8 Å². The summed E-state index contributed by atoms with van der Waals surface area (Å²) < 4.78 is 1.61. The third kappa shape index (κ3) is 5.05. The molecule has 2 heterocycles. The minimum absolute atomic E-state index is 0.153. The van der Waals surface area contributed by atoms with Crippen molar-refractivity contribution in [3.63, 3.8) is 0 Å². The molecule has 0 aliphatic carbocycles. The van der Waals surface area contributed by atoms with Crippen molar-refractivity contribution in [3.8, 4) is 0 Å². The second-order valence-electron chi connectivity index (χ2n) is 8.37. The number of likely N-dealkylation sites (N-methyl/N-ethyl adjacent to an activating group) is 1. The third-order valence-electron chi connectivity index (χ3n) is 6.07. The summed E-state index contributed by atoms with van der Waals surface area (Å²) in [6, 6.07) is 16.3. The summed E-state index contributed by atoms with van der Waals surface area (Å²) in [5.74, 6) is -0.381. The number of carbonyl (C=O) groups is 1. The number of anilines is 3. The highest BCUT2D eigenvalue weighted by Gasteiger charge is 2.21. The predicted molar refractivity (Wildman–Crippen MR) is 135 cm³/mol. The summed E-state index contributed by atoms with van der Waals surface area (Å²) in [7, 11) is 2.12. The first kappa shape index (κ1) is 22.9. The molecule has 0 spiro atoms. The highest BCUT2D eigenvalue weighted by Crippen LogP contribution is 2.24. The monoisotopic (exact) mass is 465 g/mol. The summed E-state index contributed by atoms with van der Waals surface area (Å²) in [6.45, 7) is 5.94. The molecule has 0 saturated carbocycles. The SMILES string of the molecule is Cc1c(C(=O)Nc2cccc(Cl)c2)c(N)cc(=O)n1Cc1ccccc1N1CCN(C)CC1. The first-order valence-corrected chi connectivity index (χ1v) is 11.3. The number of aromatic nitrogens is 1. The summed E-state index contributed by atoms with van der Waals surface area (Å²) in [6.07, 6.45) is 0. The Hall–Kier alpha value is -3.29. The lowest BCUT2D eigenvalue weighted by Gasteiger charge is -2.35. The van der Waals surface area contributed by atoms with E-state index in [0.717, 1.165) is 37.4 Å². The van der Waals surface area contributed by atoms with E-state index in [-0.39, 0.29) is 22.7 Å². The largest absolute Gasteiger partial charge is 0.398 e. The Morgan fingerprint density at radius 3 is 2.52 bits per heavy atom. The van der Waals surface area contributed by atoms with Gasteiger partial charge in [-0.3, -0.25) is 9.59 Å². The molecule has 1 aromatic heterocycles. The molecule has 0 bridgehead atoms. The molecule has 33 heavy (non-hydrogen) atoms. The summed E-state index contributed by atoms with van der Waals surface area (Å²) in [4.78, 5) is 30.6. The number of halogens is 1. The number of benzene rings is 2. The number of para-hydroxylation sites is 1. The maximum Gasteiger partial charge on any atom is 0.259 e. The number of pyridine rings is 1. The zero-order valence-corrected chi connectivity index (χ0v) is 19.6. The fourth-order valence-corrected chi connectivity index (χ4v) is 4.40. The zero-order valence-electron chi connectivity index (χ0n) is 18.8. The van der Waals surface area contributed by atoms with Crippen LogP contribution in [0.3, 0.4) is 0 Å². The molecular formula is C25H28ClN5O2. The van der Waals surface area contributed by atoms with Gasteiger partial charge in [-0.15, -0.1) is 0 Å². The van der Waals surface area contributed by atoms with Gasteiger partial charge in [0.2, 0.25) is 0 Å². The van der Waals surface area contributed by atoms with Crippen LogP contribution in [0.1, 0.15) is 21.6 Å². The van der Waals surface area contributed by atoms with Crippen LogP contribution in [0.4, 0.5) is 17.1 Å². The number of amides is 1. The molecule has 3 N–H and O–H groups in total. The minimum atomic E-state index is -0.381. The standard InChI is InChI=1S/C25H28ClN5O2/c1-17-24(25(33)28-20-8-5-7-19(26)14-20)21(27)15-23(32)31(17)16-18-6-3-4-9-22(18)30-12-10-29(2)11-13-30/h3-9,14-15H,10-13,16,27H2,1-2H3,(H,28,33). The lowest BCUT2D eigenvalue weighted by molar-refractivity contribution is 0.102. The summed E-state index contributed by atoms with van der Waals surface area (Å²) in [5.41, 5.74) is 9.53. The quantitative estimate of drug-likeness (QED) is 0.603. The number of piperazine rings is 1. The maximum atomic E-state index is 13.1. The molecule has 1 aliphatic rings. The average Bonchev–Trinajstić information content (AvgIpc) is 2.77. The van der Waals surface area contributed by atoms with Crippen molar-refractivity contribution >= 4 is 34.6 Å². The van der Waals surface area contributed by atoms with Crippen LogP contribution in [-0.4, -0.2) is 48.6 Å². The number of carbonyl (C=O) groups excluding carboxylic acids is 1. The lowest BCUT2D eigenvalue weighted by Crippen LogP contribution is -2.45. The predicted octanol–water partition coefficient (Wildman–Crippen LogP) is 3.44. The van der Waals surface area contributed by atoms with Gasteiger partial charge in [-0.1, -0.05) is 35.9 Å². The van der Waals surface area contributed by atoms with Crippen LogP contribution in [0.15, 0.2) is 59.4 Å². The molecule has 1 aliphatic heterocycles. The molecule has 7 nitrogen and oxygen atoms in total. The number of nitrogens with two attached hydrogens (primary N) is 1. The van der Waals surface area contributed by atoms with Gasteiger partial charge in [0.15, 0.2) is 0 Å². The molecule has 4 rings (SSSR count). The average molecular weight is 466 g/mol. The molecule has 0 atom stereocenters. The molecule has 0 unspecified atom stereocenters. The highest BCUT2D eigenvalue weighted by atomic mass is 35.5. The Morgan fingerprint density at radius 2 is 1.79 bits per heavy atom. The fraction of sp³-hybridized carbons (Fsp3) is 0.280. The number of rotatable bonds is 5. The van der Waals surface area contributed by atoms with E-state index in [4.69, 9.17) is 17.3 Å². The fourth-order valence-electron chi connectivity index (χ4n) is 4.21. The van der Waals surface area contributed by atoms with Gasteiger partial charge in [0, 0.05) is 54.3 Å². The Bertz CT molecular complexity index is 1230. The van der Waals surface area contributed by atoms with Gasteiger partial charge in [-0.25, -0.2) is 0 Å². The second-order valence-corrected chi connectivity index (χ2v) is 8.80. The lowest BCUT2D eigenvalue weighted by atomic mass is 10.1. The Kier molecular flexibility index (Phi) is 6.72. The van der Waals surface area contributed by atoms with E-state index in [1.165, 1.54) is 6.07 Å². The van der Waals surface area contributed by atoms with Crippen LogP contribution in [0.25, 0.3) is 0 Å². The summed E-state index contributed by atoms with van der Waals surface area (Å²) >= 11 is 6.03. The van der Waals surface area contributed by atoms with Crippen molar-refractivity contribution in [2.24, 2.45) is 0 Å². The van der Waals surface area contributed by atoms with Gasteiger partial charge >= 0.3 is 0 Å². The molecule has 8 heteroatoms. The molecule has 1 saturated heterocycles. The van der Waals surface area contributed by atoms with Crippen molar-refractivity contribution < 1.29 is 4.79 Å². The molecule has 172 valence electrons. The van der Waals surface area contributed by atoms with Crippen molar-refractivity contribution in [3.05, 3.63) is 86.8 Å². The Morgan fingerprint density at radius 1 is 1.06 bits per heavy atom. The molecule has 0 radical (unpaired) electrons. The van der Waals surface area contributed by atoms with E-state index in [9.17, 15) is 9.59 Å². The van der Waals surface area contributed by atoms with E-state index < -0.39 is 0 Å². The van der Waals surface area contributed by atoms with Crippen LogP contribution >= 0.6 is 11.6 Å². The van der Waals surface area contributed by atoms with E-state index >= 15 is 0 Å². The molecular weight excluding hydrogens is 438 g/mol. The number of hydrogen-bond donors (Lipinski definition) is 2. The third-order valence-corrected chi connectivity index (χ3v) is 6.31. The van der Waals surface area contributed by atoms with E-state index in [1.807, 2.05) is 18.2 Å². The number of nitrogen functional groups attached to an aromatic ring is 1. The highest BCUT2D eigenvalue weighted by molar-refractivity contribution is 6.31. The van der Waals surface area contributed by atoms with Gasteiger partial charge in [0.1, 0.15) is 0 Å². The minimum Gasteiger partial charge on any atom is -0.398 e. The number of hydrogen-bond acceptors (Lipinski definition) is 5. The Balaban J connectivity index is 1.66. The smallest absolute Gasteiger partial charge is 0.259 e.